The van der Waals surface area contributed by atoms with Crippen LogP contribution in [0.2, 0.25) is 0 Å². The first-order valence-corrected chi connectivity index (χ1v) is 4.50. The third-order valence-electron chi connectivity index (χ3n) is 2.27. The standard InChI is InChI=1S/C10H14N2O3.ClH/c1-5-2-3-6(10(14)15)8(9(5)13)7(12)4-11;/h2-3,7,13H,4,11-12H2,1H3,(H,14,15);1H/t7-;/m0./s1. The Kier molecular flexibility index (Phi) is 5.23. The van der Waals surface area contributed by atoms with E-state index in [-0.39, 0.29) is 35.8 Å². The number of aryl methyl sites for hydroxylation is 1. The van der Waals surface area contributed by atoms with E-state index in [9.17, 15) is 9.90 Å². The van der Waals surface area contributed by atoms with Gasteiger partial charge in [-0.1, -0.05) is 6.07 Å². The molecule has 1 rings (SSSR count). The fourth-order valence-electron chi connectivity index (χ4n) is 1.40. The second-order valence-electron chi connectivity index (χ2n) is 3.34. The molecule has 0 unspecified atom stereocenters. The number of phenols is 1. The fraction of sp³-hybridized carbons (Fsp3) is 0.300. The van der Waals surface area contributed by atoms with Crippen molar-refractivity contribution in [1.82, 2.24) is 0 Å². The molecular formula is C10H15ClN2O3. The minimum atomic E-state index is -1.12. The van der Waals surface area contributed by atoms with Gasteiger partial charge in [-0.25, -0.2) is 4.79 Å². The zero-order chi connectivity index (χ0) is 11.6. The molecule has 1 aromatic carbocycles. The second kappa shape index (κ2) is 5.69. The number of phenolic OH excluding ortho intramolecular Hbond substituents is 1. The Morgan fingerprint density at radius 1 is 1.50 bits per heavy atom. The van der Waals surface area contributed by atoms with E-state index in [2.05, 4.69) is 0 Å². The molecule has 0 bridgehead atoms. The minimum absolute atomic E-state index is 0. The summed E-state index contributed by atoms with van der Waals surface area (Å²) in [4.78, 5) is 10.9. The van der Waals surface area contributed by atoms with Crippen molar-refractivity contribution in [3.63, 3.8) is 0 Å². The summed E-state index contributed by atoms with van der Waals surface area (Å²) in [5.74, 6) is -1.21. The van der Waals surface area contributed by atoms with Gasteiger partial charge in [-0.15, -0.1) is 12.4 Å². The lowest BCUT2D eigenvalue weighted by Gasteiger charge is -2.15. The topological polar surface area (TPSA) is 110 Å². The largest absolute Gasteiger partial charge is 0.507 e. The SMILES string of the molecule is Cc1ccc(C(=O)O)c([C@@H](N)CN)c1O.Cl. The number of carboxylic acid groups (broad SMARTS) is 1. The molecule has 0 aromatic heterocycles. The predicted molar refractivity (Wildman–Crippen MR) is 63.0 cm³/mol. The maximum atomic E-state index is 10.9. The first kappa shape index (κ1) is 14.7. The Bertz CT molecular complexity index is 396. The Labute approximate surface area is 99.5 Å². The van der Waals surface area contributed by atoms with E-state index in [1.807, 2.05) is 0 Å². The highest BCUT2D eigenvalue weighted by molar-refractivity contribution is 5.90. The molecule has 1 aromatic rings. The second-order valence-corrected chi connectivity index (χ2v) is 3.34. The van der Waals surface area contributed by atoms with Crippen LogP contribution in [0.1, 0.15) is 27.5 Å². The van der Waals surface area contributed by atoms with Crippen LogP contribution in [0.25, 0.3) is 0 Å². The number of rotatable bonds is 3. The molecule has 6 heteroatoms. The molecule has 0 spiro atoms. The Morgan fingerprint density at radius 2 is 2.06 bits per heavy atom. The van der Waals surface area contributed by atoms with Crippen molar-refractivity contribution in [3.05, 3.63) is 28.8 Å². The molecule has 0 saturated carbocycles. The molecule has 0 heterocycles. The fourth-order valence-corrected chi connectivity index (χ4v) is 1.40. The maximum Gasteiger partial charge on any atom is 0.336 e. The van der Waals surface area contributed by atoms with Crippen LogP contribution in [0, 0.1) is 6.92 Å². The van der Waals surface area contributed by atoms with Gasteiger partial charge in [-0.2, -0.15) is 0 Å². The molecule has 0 radical (unpaired) electrons. The molecule has 6 N–H and O–H groups in total. The highest BCUT2D eigenvalue weighted by Crippen LogP contribution is 2.29. The van der Waals surface area contributed by atoms with Crippen LogP contribution in [-0.2, 0) is 0 Å². The Hall–Kier alpha value is -1.30. The minimum Gasteiger partial charge on any atom is -0.507 e. The summed E-state index contributed by atoms with van der Waals surface area (Å²) in [6.45, 7) is 1.75. The monoisotopic (exact) mass is 246 g/mol. The number of carboxylic acids is 1. The van der Waals surface area contributed by atoms with E-state index in [4.69, 9.17) is 16.6 Å². The van der Waals surface area contributed by atoms with Crippen molar-refractivity contribution < 1.29 is 15.0 Å². The maximum absolute atomic E-state index is 10.9. The highest BCUT2D eigenvalue weighted by Gasteiger charge is 2.20. The van der Waals surface area contributed by atoms with Crippen LogP contribution in [-0.4, -0.2) is 22.7 Å². The molecule has 0 aliphatic carbocycles. The van der Waals surface area contributed by atoms with E-state index < -0.39 is 12.0 Å². The Balaban J connectivity index is 0.00000225. The van der Waals surface area contributed by atoms with Gasteiger partial charge in [-0.05, 0) is 18.6 Å². The van der Waals surface area contributed by atoms with Crippen LogP contribution >= 0.6 is 12.4 Å². The zero-order valence-corrected chi connectivity index (χ0v) is 9.62. The summed E-state index contributed by atoms with van der Waals surface area (Å²) in [5.41, 5.74) is 11.8. The van der Waals surface area contributed by atoms with Crippen LogP contribution in [0.3, 0.4) is 0 Å². The van der Waals surface area contributed by atoms with Gasteiger partial charge in [0.2, 0.25) is 0 Å². The number of hydrogen-bond acceptors (Lipinski definition) is 4. The molecule has 90 valence electrons. The first-order chi connectivity index (χ1) is 6.99. The van der Waals surface area contributed by atoms with Gasteiger partial charge in [0.05, 0.1) is 5.56 Å². The highest BCUT2D eigenvalue weighted by atomic mass is 35.5. The summed E-state index contributed by atoms with van der Waals surface area (Å²) in [6.07, 6.45) is 0. The van der Waals surface area contributed by atoms with E-state index >= 15 is 0 Å². The summed E-state index contributed by atoms with van der Waals surface area (Å²) < 4.78 is 0. The summed E-state index contributed by atoms with van der Waals surface area (Å²) >= 11 is 0. The van der Waals surface area contributed by atoms with Crippen LogP contribution < -0.4 is 11.5 Å². The number of aromatic hydroxyl groups is 1. The lowest BCUT2D eigenvalue weighted by atomic mass is 9.97. The van der Waals surface area contributed by atoms with Gasteiger partial charge in [0.1, 0.15) is 5.75 Å². The van der Waals surface area contributed by atoms with E-state index in [1.54, 1.807) is 6.92 Å². The summed E-state index contributed by atoms with van der Waals surface area (Å²) in [5, 5.41) is 18.6. The van der Waals surface area contributed by atoms with E-state index in [0.717, 1.165) is 0 Å². The summed E-state index contributed by atoms with van der Waals surface area (Å²) in [6, 6.07) is 2.28. The third kappa shape index (κ3) is 2.63. The van der Waals surface area contributed by atoms with Crippen LogP contribution in [0.5, 0.6) is 5.75 Å². The molecule has 0 saturated heterocycles. The first-order valence-electron chi connectivity index (χ1n) is 4.50. The molecule has 0 aliphatic heterocycles. The normalized spacial score (nSPS) is 11.7. The quantitative estimate of drug-likeness (QED) is 0.630. The number of halogens is 1. The lowest BCUT2D eigenvalue weighted by molar-refractivity contribution is 0.0694. The number of aromatic carboxylic acids is 1. The predicted octanol–water partition coefficient (Wildman–Crippen LogP) is 0.779. The van der Waals surface area contributed by atoms with Crippen molar-refractivity contribution in [2.75, 3.05) is 6.54 Å². The molecule has 1 atom stereocenters. The molecule has 0 aliphatic rings. The van der Waals surface area contributed by atoms with Gasteiger partial charge < -0.3 is 21.7 Å². The summed E-state index contributed by atoms with van der Waals surface area (Å²) in [7, 11) is 0. The number of hydrogen-bond donors (Lipinski definition) is 4. The van der Waals surface area contributed by atoms with Crippen molar-refractivity contribution in [2.24, 2.45) is 11.5 Å². The Morgan fingerprint density at radius 3 is 2.50 bits per heavy atom. The van der Waals surface area contributed by atoms with Crippen molar-refractivity contribution in [2.45, 2.75) is 13.0 Å². The number of benzene rings is 1. The van der Waals surface area contributed by atoms with Crippen molar-refractivity contribution >= 4 is 18.4 Å². The van der Waals surface area contributed by atoms with Gasteiger partial charge in [0.15, 0.2) is 0 Å². The zero-order valence-electron chi connectivity index (χ0n) is 8.80. The van der Waals surface area contributed by atoms with Crippen LogP contribution in [0.4, 0.5) is 0 Å². The van der Waals surface area contributed by atoms with E-state index in [0.29, 0.717) is 5.56 Å². The molecule has 16 heavy (non-hydrogen) atoms. The average molecular weight is 247 g/mol. The smallest absolute Gasteiger partial charge is 0.336 e. The van der Waals surface area contributed by atoms with Crippen molar-refractivity contribution in [3.8, 4) is 5.75 Å². The van der Waals surface area contributed by atoms with Gasteiger partial charge in [0.25, 0.3) is 0 Å². The van der Waals surface area contributed by atoms with E-state index in [1.165, 1.54) is 12.1 Å². The number of nitrogens with two attached hydrogens (primary N) is 2. The lowest BCUT2D eigenvalue weighted by Crippen LogP contribution is -2.23. The van der Waals surface area contributed by atoms with Crippen LogP contribution in [0.15, 0.2) is 12.1 Å². The molecular weight excluding hydrogens is 232 g/mol. The average Bonchev–Trinajstić information content (AvgIpc) is 2.20. The third-order valence-corrected chi connectivity index (χ3v) is 2.27. The van der Waals surface area contributed by atoms with Gasteiger partial charge in [0, 0.05) is 18.2 Å². The van der Waals surface area contributed by atoms with Gasteiger partial charge >= 0.3 is 5.97 Å². The molecule has 0 amide bonds. The number of carbonyl (C=O) groups is 1. The van der Waals surface area contributed by atoms with Crippen molar-refractivity contribution in [1.29, 1.82) is 0 Å². The molecule has 0 fully saturated rings. The molecule has 5 nitrogen and oxygen atoms in total. The van der Waals surface area contributed by atoms with Gasteiger partial charge in [-0.3, -0.25) is 0 Å².